The molecule has 1 aliphatic heterocycles. The standard InChI is InChI=1S/C19H24N6O2/c1-2-20-11-15-17-7-3-4-8-25(17)19(23-15)24-12-16(22-13-24)18(26)21-10-14-6-5-9-27-14/h3-4,7-8,12-14,20H,2,5-6,9-11H2,1H3,(H,21,26)/t14-/m1/s1. The van der Waals surface area contributed by atoms with Gasteiger partial charge in [0.1, 0.15) is 12.0 Å². The van der Waals surface area contributed by atoms with Crippen molar-refractivity contribution in [3.8, 4) is 5.95 Å². The Morgan fingerprint density at radius 2 is 2.33 bits per heavy atom. The number of amides is 1. The lowest BCUT2D eigenvalue weighted by Gasteiger charge is -2.09. The van der Waals surface area contributed by atoms with Crippen molar-refractivity contribution in [1.82, 2.24) is 29.6 Å². The summed E-state index contributed by atoms with van der Waals surface area (Å²) < 4.78 is 9.32. The van der Waals surface area contributed by atoms with Gasteiger partial charge in [-0.1, -0.05) is 13.0 Å². The van der Waals surface area contributed by atoms with Gasteiger partial charge in [-0.15, -0.1) is 0 Å². The zero-order valence-corrected chi connectivity index (χ0v) is 15.4. The summed E-state index contributed by atoms with van der Waals surface area (Å²) in [7, 11) is 0. The highest BCUT2D eigenvalue weighted by molar-refractivity contribution is 5.92. The van der Waals surface area contributed by atoms with Crippen molar-refractivity contribution in [2.75, 3.05) is 19.7 Å². The average molecular weight is 368 g/mol. The van der Waals surface area contributed by atoms with Crippen molar-refractivity contribution >= 4 is 11.4 Å². The van der Waals surface area contributed by atoms with Crippen LogP contribution in [0.4, 0.5) is 0 Å². The maximum atomic E-state index is 12.4. The largest absolute Gasteiger partial charge is 0.376 e. The molecule has 0 aromatic carbocycles. The Morgan fingerprint density at radius 3 is 3.15 bits per heavy atom. The van der Waals surface area contributed by atoms with E-state index in [1.54, 1.807) is 17.1 Å². The van der Waals surface area contributed by atoms with Gasteiger partial charge in [0.05, 0.1) is 17.3 Å². The van der Waals surface area contributed by atoms with E-state index in [4.69, 9.17) is 9.72 Å². The summed E-state index contributed by atoms with van der Waals surface area (Å²) in [6, 6.07) is 5.99. The maximum absolute atomic E-state index is 12.4. The number of hydrogen-bond donors (Lipinski definition) is 2. The molecular formula is C19H24N6O2. The number of nitrogens with zero attached hydrogens (tertiary/aromatic N) is 4. The van der Waals surface area contributed by atoms with Gasteiger partial charge in [-0.2, -0.15) is 0 Å². The zero-order chi connectivity index (χ0) is 18.6. The van der Waals surface area contributed by atoms with Crippen LogP contribution < -0.4 is 10.6 Å². The van der Waals surface area contributed by atoms with E-state index < -0.39 is 0 Å². The fraction of sp³-hybridized carbons (Fsp3) is 0.421. The highest BCUT2D eigenvalue weighted by atomic mass is 16.5. The molecule has 0 unspecified atom stereocenters. The number of hydrogen-bond acceptors (Lipinski definition) is 5. The molecule has 0 aliphatic carbocycles. The molecule has 8 nitrogen and oxygen atoms in total. The van der Waals surface area contributed by atoms with Gasteiger partial charge in [0.15, 0.2) is 0 Å². The van der Waals surface area contributed by atoms with E-state index in [1.807, 2.05) is 28.8 Å². The minimum Gasteiger partial charge on any atom is -0.376 e. The van der Waals surface area contributed by atoms with Gasteiger partial charge in [-0.25, -0.2) is 9.97 Å². The Bertz CT molecular complexity index is 925. The average Bonchev–Trinajstić information content (AvgIpc) is 3.44. The Balaban J connectivity index is 1.54. The number of fused-ring (bicyclic) bond motifs is 1. The molecule has 0 spiro atoms. The Kier molecular flexibility index (Phi) is 5.17. The zero-order valence-electron chi connectivity index (χ0n) is 15.4. The monoisotopic (exact) mass is 368 g/mol. The quantitative estimate of drug-likeness (QED) is 0.661. The topological polar surface area (TPSA) is 85.5 Å². The van der Waals surface area contributed by atoms with Crippen molar-refractivity contribution in [2.24, 2.45) is 0 Å². The van der Waals surface area contributed by atoms with Crippen LogP contribution in [-0.2, 0) is 11.3 Å². The summed E-state index contributed by atoms with van der Waals surface area (Å²) in [5.74, 6) is 0.516. The fourth-order valence-electron chi connectivity index (χ4n) is 3.29. The van der Waals surface area contributed by atoms with Crippen molar-refractivity contribution < 1.29 is 9.53 Å². The number of carbonyl (C=O) groups excluding carboxylic acids is 1. The lowest BCUT2D eigenvalue weighted by atomic mass is 10.2. The summed E-state index contributed by atoms with van der Waals surface area (Å²) in [6.07, 6.45) is 7.45. The van der Waals surface area contributed by atoms with Crippen molar-refractivity contribution in [1.29, 1.82) is 0 Å². The minimum atomic E-state index is -0.196. The van der Waals surface area contributed by atoms with Crippen LogP contribution in [0.15, 0.2) is 36.9 Å². The highest BCUT2D eigenvalue weighted by Crippen LogP contribution is 2.17. The molecule has 0 radical (unpaired) electrons. The van der Waals surface area contributed by atoms with E-state index in [9.17, 15) is 4.79 Å². The molecule has 1 aliphatic rings. The molecule has 3 aromatic rings. The van der Waals surface area contributed by atoms with Gasteiger partial charge in [0, 0.05) is 32.1 Å². The molecule has 142 valence electrons. The van der Waals surface area contributed by atoms with Gasteiger partial charge in [0.25, 0.3) is 5.91 Å². The number of imidazole rings is 2. The summed E-state index contributed by atoms with van der Waals surface area (Å²) in [4.78, 5) is 21.4. The van der Waals surface area contributed by atoms with Crippen LogP contribution >= 0.6 is 0 Å². The normalized spacial score (nSPS) is 16.9. The number of pyridine rings is 1. The molecule has 2 N–H and O–H groups in total. The first-order valence-electron chi connectivity index (χ1n) is 9.37. The molecule has 8 heteroatoms. The lowest BCUT2D eigenvalue weighted by Crippen LogP contribution is -2.31. The lowest BCUT2D eigenvalue weighted by molar-refractivity contribution is 0.0854. The molecule has 4 rings (SSSR count). The second-order valence-electron chi connectivity index (χ2n) is 6.61. The van der Waals surface area contributed by atoms with Crippen LogP contribution in [0.25, 0.3) is 11.5 Å². The molecule has 0 bridgehead atoms. The van der Waals surface area contributed by atoms with E-state index in [2.05, 4.69) is 22.5 Å². The molecule has 27 heavy (non-hydrogen) atoms. The van der Waals surface area contributed by atoms with Crippen LogP contribution in [0.3, 0.4) is 0 Å². The summed E-state index contributed by atoms with van der Waals surface area (Å²) in [5.41, 5.74) is 2.37. The van der Waals surface area contributed by atoms with Gasteiger partial charge in [-0.3, -0.25) is 13.8 Å². The van der Waals surface area contributed by atoms with E-state index in [1.165, 1.54) is 0 Å². The minimum absolute atomic E-state index is 0.112. The first kappa shape index (κ1) is 17.7. The Hall–Kier alpha value is -2.71. The third-order valence-electron chi connectivity index (χ3n) is 4.71. The molecule has 0 saturated carbocycles. The van der Waals surface area contributed by atoms with Crippen LogP contribution in [0.5, 0.6) is 0 Å². The van der Waals surface area contributed by atoms with Crippen LogP contribution in [-0.4, -0.2) is 50.6 Å². The SMILES string of the molecule is CCNCc1nc(-n2cnc(C(=O)NC[C@H]3CCCO3)c2)n2ccccc12. The van der Waals surface area contributed by atoms with Gasteiger partial charge >= 0.3 is 0 Å². The molecule has 1 atom stereocenters. The van der Waals surface area contributed by atoms with E-state index in [0.717, 1.165) is 37.2 Å². The van der Waals surface area contributed by atoms with Crippen LogP contribution in [0, 0.1) is 0 Å². The molecule has 1 fully saturated rings. The highest BCUT2D eigenvalue weighted by Gasteiger charge is 2.18. The fourth-order valence-corrected chi connectivity index (χ4v) is 3.29. The van der Waals surface area contributed by atoms with E-state index >= 15 is 0 Å². The second-order valence-corrected chi connectivity index (χ2v) is 6.61. The first-order chi connectivity index (χ1) is 13.3. The number of aromatic nitrogens is 4. The molecule has 4 heterocycles. The molecule has 1 saturated heterocycles. The van der Waals surface area contributed by atoms with Gasteiger partial charge < -0.3 is 15.4 Å². The predicted octanol–water partition coefficient (Wildman–Crippen LogP) is 1.54. The smallest absolute Gasteiger partial charge is 0.271 e. The Morgan fingerprint density at radius 1 is 1.41 bits per heavy atom. The van der Waals surface area contributed by atoms with E-state index in [-0.39, 0.29) is 12.0 Å². The summed E-state index contributed by atoms with van der Waals surface area (Å²) in [5, 5.41) is 6.21. The predicted molar refractivity (Wildman–Crippen MR) is 101 cm³/mol. The number of carbonyl (C=O) groups is 1. The molecule has 1 amide bonds. The first-order valence-corrected chi connectivity index (χ1v) is 9.37. The summed E-state index contributed by atoms with van der Waals surface area (Å²) in [6.45, 7) is 4.92. The molecular weight excluding hydrogens is 344 g/mol. The third-order valence-corrected chi connectivity index (χ3v) is 4.71. The Labute approximate surface area is 157 Å². The van der Waals surface area contributed by atoms with Crippen molar-refractivity contribution in [2.45, 2.75) is 32.4 Å². The van der Waals surface area contributed by atoms with Crippen molar-refractivity contribution in [3.63, 3.8) is 0 Å². The number of ether oxygens (including phenoxy) is 1. The van der Waals surface area contributed by atoms with Crippen molar-refractivity contribution in [3.05, 3.63) is 48.3 Å². The number of rotatable bonds is 7. The molecule has 3 aromatic heterocycles. The van der Waals surface area contributed by atoms with Gasteiger partial charge in [0.2, 0.25) is 5.95 Å². The van der Waals surface area contributed by atoms with Crippen LogP contribution in [0.2, 0.25) is 0 Å². The van der Waals surface area contributed by atoms with E-state index in [0.29, 0.717) is 24.7 Å². The maximum Gasteiger partial charge on any atom is 0.271 e. The van der Waals surface area contributed by atoms with Crippen LogP contribution in [0.1, 0.15) is 35.9 Å². The summed E-state index contributed by atoms with van der Waals surface area (Å²) >= 11 is 0. The number of nitrogens with one attached hydrogen (secondary N) is 2. The third kappa shape index (κ3) is 3.72. The van der Waals surface area contributed by atoms with Gasteiger partial charge in [-0.05, 0) is 31.5 Å². The second kappa shape index (κ2) is 7.89.